The first-order valence-electron chi connectivity index (χ1n) is 9.04. The van der Waals surface area contributed by atoms with Crippen LogP contribution in [0.15, 0.2) is 11.2 Å². The van der Waals surface area contributed by atoms with E-state index >= 15 is 0 Å². The van der Waals surface area contributed by atoms with Gasteiger partial charge in [-0.05, 0) is 12.8 Å². The summed E-state index contributed by atoms with van der Waals surface area (Å²) in [6, 6.07) is 1.74. The summed E-state index contributed by atoms with van der Waals surface area (Å²) in [5.41, 5.74) is 0. The standard InChI is InChI=1S/C17H24ClN5O2S/c1-2-15(24)23-9-7-21(8-10-23)14-11-13(18)19-17(20-14)26-12-16(25)22-5-3-4-6-22/h11H,2-10,12H2,1H3. The molecule has 0 aliphatic carbocycles. The number of amides is 2. The molecule has 142 valence electrons. The fourth-order valence-corrected chi connectivity index (χ4v) is 4.19. The summed E-state index contributed by atoms with van der Waals surface area (Å²) < 4.78 is 0. The van der Waals surface area contributed by atoms with E-state index in [2.05, 4.69) is 14.9 Å². The Balaban J connectivity index is 1.59. The van der Waals surface area contributed by atoms with E-state index in [1.165, 1.54) is 11.8 Å². The van der Waals surface area contributed by atoms with Crippen LogP contribution in [-0.4, -0.2) is 76.6 Å². The molecule has 0 unspecified atom stereocenters. The molecule has 26 heavy (non-hydrogen) atoms. The van der Waals surface area contributed by atoms with Gasteiger partial charge in [-0.25, -0.2) is 9.97 Å². The Morgan fingerprint density at radius 3 is 2.35 bits per heavy atom. The van der Waals surface area contributed by atoms with Crippen LogP contribution in [-0.2, 0) is 9.59 Å². The molecule has 0 aromatic carbocycles. The minimum Gasteiger partial charge on any atom is -0.353 e. The van der Waals surface area contributed by atoms with Crippen LogP contribution in [0.1, 0.15) is 26.2 Å². The van der Waals surface area contributed by atoms with Crippen molar-refractivity contribution >= 4 is 41.0 Å². The van der Waals surface area contributed by atoms with E-state index in [0.717, 1.165) is 44.8 Å². The van der Waals surface area contributed by atoms with Gasteiger partial charge in [0.25, 0.3) is 0 Å². The van der Waals surface area contributed by atoms with Crippen molar-refractivity contribution in [2.45, 2.75) is 31.3 Å². The number of anilines is 1. The molecule has 2 aliphatic rings. The number of carbonyl (C=O) groups is 2. The third-order valence-electron chi connectivity index (χ3n) is 4.70. The van der Waals surface area contributed by atoms with Gasteiger partial charge in [0, 0.05) is 51.8 Å². The molecule has 0 saturated carbocycles. The van der Waals surface area contributed by atoms with Crippen molar-refractivity contribution in [2.24, 2.45) is 0 Å². The van der Waals surface area contributed by atoms with Crippen LogP contribution in [0.4, 0.5) is 5.82 Å². The Morgan fingerprint density at radius 1 is 1.04 bits per heavy atom. The summed E-state index contributed by atoms with van der Waals surface area (Å²) >= 11 is 7.49. The number of piperazine rings is 1. The van der Waals surface area contributed by atoms with Crippen molar-refractivity contribution in [2.75, 3.05) is 49.9 Å². The van der Waals surface area contributed by atoms with Gasteiger partial charge in [0.2, 0.25) is 11.8 Å². The van der Waals surface area contributed by atoms with Gasteiger partial charge in [-0.3, -0.25) is 9.59 Å². The molecule has 2 aliphatic heterocycles. The number of carbonyl (C=O) groups excluding carboxylic acids is 2. The van der Waals surface area contributed by atoms with Gasteiger partial charge >= 0.3 is 0 Å². The van der Waals surface area contributed by atoms with Crippen LogP contribution in [0.2, 0.25) is 5.15 Å². The molecule has 1 aromatic heterocycles. The SMILES string of the molecule is CCC(=O)N1CCN(c2cc(Cl)nc(SCC(=O)N3CCCC3)n2)CC1. The third-order valence-corrected chi connectivity index (χ3v) is 5.73. The van der Waals surface area contributed by atoms with Crippen LogP contribution < -0.4 is 4.90 Å². The number of hydrogen-bond donors (Lipinski definition) is 0. The summed E-state index contributed by atoms with van der Waals surface area (Å²) in [6.07, 6.45) is 2.70. The lowest BCUT2D eigenvalue weighted by Crippen LogP contribution is -2.48. The maximum Gasteiger partial charge on any atom is 0.233 e. The van der Waals surface area contributed by atoms with E-state index in [9.17, 15) is 9.59 Å². The lowest BCUT2D eigenvalue weighted by atomic mass is 10.3. The van der Waals surface area contributed by atoms with E-state index in [-0.39, 0.29) is 11.8 Å². The van der Waals surface area contributed by atoms with E-state index in [4.69, 9.17) is 11.6 Å². The molecule has 0 spiro atoms. The molecule has 2 fully saturated rings. The minimum absolute atomic E-state index is 0.129. The number of halogens is 1. The maximum atomic E-state index is 12.2. The van der Waals surface area contributed by atoms with Gasteiger partial charge in [0.1, 0.15) is 11.0 Å². The highest BCUT2D eigenvalue weighted by molar-refractivity contribution is 7.99. The lowest BCUT2D eigenvalue weighted by Gasteiger charge is -2.35. The molecule has 2 amide bonds. The molecule has 1 aromatic rings. The first kappa shape index (κ1) is 19.2. The van der Waals surface area contributed by atoms with Gasteiger partial charge in [0.05, 0.1) is 5.75 Å². The lowest BCUT2D eigenvalue weighted by molar-refractivity contribution is -0.131. The predicted molar refractivity (Wildman–Crippen MR) is 103 cm³/mol. The summed E-state index contributed by atoms with van der Waals surface area (Å²) in [5.74, 6) is 1.40. The zero-order chi connectivity index (χ0) is 18.5. The summed E-state index contributed by atoms with van der Waals surface area (Å²) in [5, 5.41) is 0.894. The van der Waals surface area contributed by atoms with Crippen molar-refractivity contribution in [3.05, 3.63) is 11.2 Å². The highest BCUT2D eigenvalue weighted by Crippen LogP contribution is 2.23. The first-order valence-corrected chi connectivity index (χ1v) is 10.4. The maximum absolute atomic E-state index is 12.2. The smallest absolute Gasteiger partial charge is 0.233 e. The molecular formula is C17H24ClN5O2S. The number of aromatic nitrogens is 2. The summed E-state index contributed by atoms with van der Waals surface area (Å²) in [6.45, 7) is 6.38. The van der Waals surface area contributed by atoms with Crippen molar-refractivity contribution in [3.8, 4) is 0 Å². The Bertz CT molecular complexity index is 661. The average molecular weight is 398 g/mol. The quantitative estimate of drug-likeness (QED) is 0.429. The number of likely N-dealkylation sites (tertiary alicyclic amines) is 1. The topological polar surface area (TPSA) is 69.6 Å². The molecular weight excluding hydrogens is 374 g/mol. The third kappa shape index (κ3) is 4.79. The number of nitrogens with zero attached hydrogens (tertiary/aromatic N) is 5. The molecule has 0 atom stereocenters. The van der Waals surface area contributed by atoms with E-state index in [0.29, 0.717) is 35.6 Å². The van der Waals surface area contributed by atoms with Crippen molar-refractivity contribution < 1.29 is 9.59 Å². The Kier molecular flexibility index (Phi) is 6.58. The van der Waals surface area contributed by atoms with Gasteiger partial charge in [-0.2, -0.15) is 0 Å². The Morgan fingerprint density at radius 2 is 1.69 bits per heavy atom. The first-order chi connectivity index (χ1) is 12.6. The molecule has 0 radical (unpaired) electrons. The zero-order valence-corrected chi connectivity index (χ0v) is 16.6. The normalized spacial score (nSPS) is 17.7. The highest BCUT2D eigenvalue weighted by atomic mass is 35.5. The molecule has 9 heteroatoms. The Labute approximate surface area is 163 Å². The fraction of sp³-hybridized carbons (Fsp3) is 0.647. The fourth-order valence-electron chi connectivity index (χ4n) is 3.20. The molecule has 7 nitrogen and oxygen atoms in total. The molecule has 3 heterocycles. The van der Waals surface area contributed by atoms with Crippen molar-refractivity contribution in [1.82, 2.24) is 19.8 Å². The molecule has 0 N–H and O–H groups in total. The van der Waals surface area contributed by atoms with E-state index in [1.807, 2.05) is 16.7 Å². The van der Waals surface area contributed by atoms with Crippen LogP contribution in [0, 0.1) is 0 Å². The molecule has 2 saturated heterocycles. The van der Waals surface area contributed by atoms with Crippen LogP contribution in [0.25, 0.3) is 0 Å². The highest BCUT2D eigenvalue weighted by Gasteiger charge is 2.22. The van der Waals surface area contributed by atoms with E-state index < -0.39 is 0 Å². The van der Waals surface area contributed by atoms with Crippen LogP contribution in [0.5, 0.6) is 0 Å². The number of thioether (sulfide) groups is 1. The summed E-state index contributed by atoms with van der Waals surface area (Å²) in [7, 11) is 0. The predicted octanol–water partition coefficient (Wildman–Crippen LogP) is 1.90. The molecule has 3 rings (SSSR count). The van der Waals surface area contributed by atoms with Gasteiger partial charge in [-0.1, -0.05) is 30.3 Å². The molecule has 0 bridgehead atoms. The Hall–Kier alpha value is -1.54. The van der Waals surface area contributed by atoms with E-state index in [1.54, 1.807) is 6.07 Å². The van der Waals surface area contributed by atoms with Gasteiger partial charge in [-0.15, -0.1) is 0 Å². The average Bonchev–Trinajstić information content (AvgIpc) is 3.20. The van der Waals surface area contributed by atoms with Crippen molar-refractivity contribution in [3.63, 3.8) is 0 Å². The zero-order valence-electron chi connectivity index (χ0n) is 15.0. The second-order valence-electron chi connectivity index (χ2n) is 6.43. The second-order valence-corrected chi connectivity index (χ2v) is 7.76. The van der Waals surface area contributed by atoms with Gasteiger partial charge in [0.15, 0.2) is 5.16 Å². The summed E-state index contributed by atoms with van der Waals surface area (Å²) in [4.78, 5) is 38.7. The number of hydrogen-bond acceptors (Lipinski definition) is 6. The monoisotopic (exact) mass is 397 g/mol. The van der Waals surface area contributed by atoms with Crippen LogP contribution in [0.3, 0.4) is 0 Å². The minimum atomic E-state index is 0.129. The number of rotatable bonds is 5. The largest absolute Gasteiger partial charge is 0.353 e. The van der Waals surface area contributed by atoms with Crippen LogP contribution >= 0.6 is 23.4 Å². The second kappa shape index (κ2) is 8.90. The van der Waals surface area contributed by atoms with Crippen molar-refractivity contribution in [1.29, 1.82) is 0 Å². The van der Waals surface area contributed by atoms with Gasteiger partial charge < -0.3 is 14.7 Å².